The predicted molar refractivity (Wildman–Crippen MR) is 137 cm³/mol. The van der Waals surface area contributed by atoms with Crippen LogP contribution in [0.25, 0.3) is 0 Å². The molecule has 0 saturated heterocycles. The zero-order valence-electron chi connectivity index (χ0n) is 20.1. The van der Waals surface area contributed by atoms with Crippen LogP contribution >= 0.6 is 0 Å². The maximum atomic E-state index is 13.3. The normalized spacial score (nSPS) is 15.9. The molecule has 3 aromatic rings. The minimum Gasteiger partial charge on any atom is -0.493 e. The third-order valence-electron chi connectivity index (χ3n) is 6.40. The molecule has 1 N–H and O–H groups in total. The van der Waals surface area contributed by atoms with E-state index in [0.29, 0.717) is 47.2 Å². The highest BCUT2D eigenvalue weighted by molar-refractivity contribution is 7.92. The second kappa shape index (κ2) is 9.40. The molecule has 0 aliphatic carbocycles. The Morgan fingerprint density at radius 2 is 1.92 bits per heavy atom. The molecule has 1 amide bonds. The number of fused-ring (bicyclic) bond motifs is 3. The molecule has 0 fully saturated rings. The molecule has 11 heteroatoms. The van der Waals surface area contributed by atoms with Gasteiger partial charge in [-0.2, -0.15) is 0 Å². The Kier molecular flexibility index (Phi) is 6.27. The van der Waals surface area contributed by atoms with Crippen LogP contribution in [-0.2, 0) is 22.2 Å². The van der Waals surface area contributed by atoms with E-state index in [-0.39, 0.29) is 31.4 Å². The lowest BCUT2D eigenvalue weighted by Crippen LogP contribution is -2.29. The lowest BCUT2D eigenvalue weighted by atomic mass is 10.1. The molecular weight excluding hydrogens is 482 g/mol. The minimum absolute atomic E-state index is 0.0101. The zero-order chi connectivity index (χ0) is 25.4. The van der Waals surface area contributed by atoms with Crippen molar-refractivity contribution in [3.63, 3.8) is 0 Å². The van der Waals surface area contributed by atoms with Crippen LogP contribution in [-0.4, -0.2) is 62.8 Å². The first-order valence-corrected chi connectivity index (χ1v) is 13.3. The fourth-order valence-corrected chi connectivity index (χ4v) is 6.31. The van der Waals surface area contributed by atoms with E-state index in [1.807, 2.05) is 24.0 Å². The van der Waals surface area contributed by atoms with E-state index >= 15 is 0 Å². The minimum atomic E-state index is -3.53. The largest absolute Gasteiger partial charge is 0.493 e. The summed E-state index contributed by atoms with van der Waals surface area (Å²) in [6, 6.07) is 10.7. The Labute approximate surface area is 209 Å². The van der Waals surface area contributed by atoms with E-state index in [1.165, 1.54) is 4.31 Å². The van der Waals surface area contributed by atoms with Gasteiger partial charge in [-0.3, -0.25) is 9.10 Å². The molecule has 2 aliphatic rings. The molecule has 4 heterocycles. The highest BCUT2D eigenvalue weighted by Crippen LogP contribution is 2.40. The lowest BCUT2D eigenvalue weighted by molar-refractivity contribution is 0.0994. The molecule has 0 spiro atoms. The third kappa shape index (κ3) is 4.03. The molecule has 1 aromatic carbocycles. The molecule has 10 nitrogen and oxygen atoms in total. The average molecular weight is 510 g/mol. The first kappa shape index (κ1) is 24.0. The van der Waals surface area contributed by atoms with Crippen molar-refractivity contribution >= 4 is 38.9 Å². The van der Waals surface area contributed by atoms with Gasteiger partial charge in [0.15, 0.2) is 5.82 Å². The fourth-order valence-electron chi connectivity index (χ4n) is 4.67. The molecular formula is C25H27N5O5S. The van der Waals surface area contributed by atoms with Gasteiger partial charge in [-0.15, -0.1) is 0 Å². The van der Waals surface area contributed by atoms with Crippen LogP contribution < -0.4 is 18.8 Å². The number of hydrogen-bond acceptors (Lipinski definition) is 8. The second-order valence-electron chi connectivity index (χ2n) is 8.57. The number of nitrogens with zero attached hydrogens (tertiary/aromatic N) is 5. The smallest absolute Gasteiger partial charge is 0.261 e. The number of β-amino-alcohol motifs (C(OH)–C–C–N with tert-alkyl or cyclic N) is 1. The van der Waals surface area contributed by atoms with Crippen LogP contribution in [0.15, 0.2) is 48.8 Å². The fraction of sp³-hybridized carbons (Fsp3) is 0.320. The van der Waals surface area contributed by atoms with E-state index in [0.717, 1.165) is 11.3 Å². The number of ether oxygens (including phenoxy) is 1. The molecule has 36 heavy (non-hydrogen) atoms. The number of carbonyl (C=O) groups is 1. The van der Waals surface area contributed by atoms with Gasteiger partial charge < -0.3 is 19.6 Å². The summed E-state index contributed by atoms with van der Waals surface area (Å²) in [4.78, 5) is 25.9. The van der Waals surface area contributed by atoms with Gasteiger partial charge in [-0.25, -0.2) is 18.4 Å². The van der Waals surface area contributed by atoms with Crippen LogP contribution in [0.4, 0.5) is 23.0 Å². The van der Waals surface area contributed by atoms with Crippen LogP contribution in [0.5, 0.6) is 5.75 Å². The molecule has 0 unspecified atom stereocenters. The summed E-state index contributed by atoms with van der Waals surface area (Å²) in [5.41, 5.74) is 3.16. The maximum absolute atomic E-state index is 13.3. The van der Waals surface area contributed by atoms with Gasteiger partial charge in [0.25, 0.3) is 5.91 Å². The molecule has 188 valence electrons. The Morgan fingerprint density at radius 1 is 1.11 bits per heavy atom. The van der Waals surface area contributed by atoms with Gasteiger partial charge in [0.05, 0.1) is 36.7 Å². The number of aromatic nitrogens is 2. The van der Waals surface area contributed by atoms with Crippen molar-refractivity contribution in [3.8, 4) is 5.75 Å². The van der Waals surface area contributed by atoms with Crippen molar-refractivity contribution in [2.45, 2.75) is 19.1 Å². The van der Waals surface area contributed by atoms with E-state index in [2.05, 4.69) is 9.97 Å². The van der Waals surface area contributed by atoms with Gasteiger partial charge in [-0.05, 0) is 42.8 Å². The van der Waals surface area contributed by atoms with Crippen molar-refractivity contribution in [1.29, 1.82) is 0 Å². The van der Waals surface area contributed by atoms with E-state index < -0.39 is 10.0 Å². The van der Waals surface area contributed by atoms with Crippen LogP contribution in [0.1, 0.15) is 28.4 Å². The van der Waals surface area contributed by atoms with Crippen molar-refractivity contribution < 1.29 is 23.1 Å². The number of pyridine rings is 2. The quantitative estimate of drug-likeness (QED) is 0.517. The van der Waals surface area contributed by atoms with Crippen molar-refractivity contribution in [2.75, 3.05) is 47.5 Å². The predicted octanol–water partition coefficient (Wildman–Crippen LogP) is 2.49. The van der Waals surface area contributed by atoms with Gasteiger partial charge in [-0.1, -0.05) is 6.07 Å². The summed E-state index contributed by atoms with van der Waals surface area (Å²) in [5, 5.41) is 9.26. The Bertz CT molecular complexity index is 1430. The van der Waals surface area contributed by atoms with Crippen LogP contribution in [0.2, 0.25) is 0 Å². The summed E-state index contributed by atoms with van der Waals surface area (Å²) in [7, 11) is -1.80. The van der Waals surface area contributed by atoms with Gasteiger partial charge >= 0.3 is 0 Å². The molecule has 0 bridgehead atoms. The standard InChI is InChI=1S/C25H27N5O5S/c1-3-29-23-18(25(32)28(2)21-7-5-10-26-24(21)29)14-17(15-27-23)9-13-35-22-8-4-6-20-19(22)16-36(33,34)30(20)11-12-31/h4-8,10,14-15,31H,3,9,11-13,16H2,1-2H3. The molecule has 2 aliphatic heterocycles. The number of carbonyl (C=O) groups excluding carboxylic acids is 1. The van der Waals surface area contributed by atoms with E-state index in [4.69, 9.17) is 4.74 Å². The number of aliphatic hydroxyl groups is 1. The first-order chi connectivity index (χ1) is 17.4. The Hall–Kier alpha value is -3.70. The summed E-state index contributed by atoms with van der Waals surface area (Å²) >= 11 is 0. The molecule has 2 aromatic heterocycles. The number of hydrogen-bond donors (Lipinski definition) is 1. The van der Waals surface area contributed by atoms with Crippen molar-refractivity contribution in [3.05, 3.63) is 65.5 Å². The molecule has 0 atom stereocenters. The Morgan fingerprint density at radius 3 is 2.69 bits per heavy atom. The summed E-state index contributed by atoms with van der Waals surface area (Å²) in [6.45, 7) is 2.61. The highest BCUT2D eigenvalue weighted by Gasteiger charge is 2.35. The van der Waals surface area contributed by atoms with Gasteiger partial charge in [0.2, 0.25) is 10.0 Å². The number of benzene rings is 1. The monoisotopic (exact) mass is 509 g/mol. The summed E-state index contributed by atoms with van der Waals surface area (Å²) in [5.74, 6) is 1.41. The van der Waals surface area contributed by atoms with Crippen LogP contribution in [0.3, 0.4) is 0 Å². The number of anilines is 4. The van der Waals surface area contributed by atoms with E-state index in [1.54, 1.807) is 48.6 Å². The summed E-state index contributed by atoms with van der Waals surface area (Å²) in [6.07, 6.45) is 3.91. The SMILES string of the molecule is CCN1c2ncc(CCOc3cccc4c3CS(=O)(=O)N4CCO)cc2C(=O)N(C)c2cccnc21. The molecule has 0 saturated carbocycles. The van der Waals surface area contributed by atoms with Crippen molar-refractivity contribution in [2.24, 2.45) is 0 Å². The third-order valence-corrected chi connectivity index (χ3v) is 8.11. The average Bonchev–Trinajstić information content (AvgIpc) is 3.10. The number of rotatable bonds is 7. The van der Waals surface area contributed by atoms with Gasteiger partial charge in [0, 0.05) is 38.0 Å². The van der Waals surface area contributed by atoms with Crippen molar-refractivity contribution in [1.82, 2.24) is 9.97 Å². The highest BCUT2D eigenvalue weighted by atomic mass is 32.2. The van der Waals surface area contributed by atoms with Crippen LogP contribution in [0, 0.1) is 0 Å². The first-order valence-electron chi connectivity index (χ1n) is 11.7. The number of sulfonamides is 1. The molecule has 0 radical (unpaired) electrons. The summed E-state index contributed by atoms with van der Waals surface area (Å²) < 4.78 is 32.2. The number of amides is 1. The molecule has 5 rings (SSSR count). The maximum Gasteiger partial charge on any atom is 0.261 e. The van der Waals surface area contributed by atoms with E-state index in [9.17, 15) is 18.3 Å². The van der Waals surface area contributed by atoms with Gasteiger partial charge in [0.1, 0.15) is 17.3 Å². The second-order valence-corrected chi connectivity index (χ2v) is 10.5. The number of aliphatic hydroxyl groups excluding tert-OH is 1. The lowest BCUT2D eigenvalue weighted by Gasteiger charge is -2.22. The zero-order valence-corrected chi connectivity index (χ0v) is 20.9. The topological polar surface area (TPSA) is 116 Å². The Balaban J connectivity index is 1.37.